The molecular formula is C20H33N. The second-order valence-corrected chi connectivity index (χ2v) is 7.52. The lowest BCUT2D eigenvalue weighted by atomic mass is 9.74. The molecule has 21 heavy (non-hydrogen) atoms. The summed E-state index contributed by atoms with van der Waals surface area (Å²) in [5.74, 6) is 2.55. The van der Waals surface area contributed by atoms with E-state index in [0.29, 0.717) is 6.04 Å². The zero-order valence-corrected chi connectivity index (χ0v) is 14.3. The minimum Gasteiger partial charge on any atom is -0.311 e. The molecule has 118 valence electrons. The molecule has 0 aliphatic heterocycles. The number of rotatable bonds is 6. The van der Waals surface area contributed by atoms with E-state index in [9.17, 15) is 0 Å². The van der Waals surface area contributed by atoms with Crippen LogP contribution in [0.5, 0.6) is 0 Å². The maximum absolute atomic E-state index is 3.95. The minimum atomic E-state index is 0.613. The quantitative estimate of drug-likeness (QED) is 0.771. The van der Waals surface area contributed by atoms with Gasteiger partial charge in [0.05, 0.1) is 0 Å². The summed E-state index contributed by atoms with van der Waals surface area (Å²) in [5.41, 5.74) is 1.46. The molecule has 1 heteroatoms. The van der Waals surface area contributed by atoms with E-state index >= 15 is 0 Å². The Labute approximate surface area is 131 Å². The third kappa shape index (κ3) is 5.14. The Balaban J connectivity index is 1.83. The third-order valence-electron chi connectivity index (χ3n) is 5.23. The molecule has 1 aliphatic carbocycles. The number of hydrogen-bond acceptors (Lipinski definition) is 1. The lowest BCUT2D eigenvalue weighted by Crippen LogP contribution is -2.46. The first-order valence-corrected chi connectivity index (χ1v) is 8.86. The van der Waals surface area contributed by atoms with Crippen LogP contribution < -0.4 is 5.32 Å². The Morgan fingerprint density at radius 2 is 1.81 bits per heavy atom. The van der Waals surface area contributed by atoms with E-state index in [1.54, 1.807) is 0 Å². The fraction of sp³-hybridized carbons (Fsp3) is 0.700. The predicted octanol–water partition coefficient (Wildman–Crippen LogP) is 5.06. The van der Waals surface area contributed by atoms with Crippen LogP contribution in [0.25, 0.3) is 0 Å². The van der Waals surface area contributed by atoms with Crippen molar-refractivity contribution in [1.82, 2.24) is 5.32 Å². The largest absolute Gasteiger partial charge is 0.311 e. The van der Waals surface area contributed by atoms with Gasteiger partial charge in [-0.25, -0.2) is 0 Å². The van der Waals surface area contributed by atoms with E-state index < -0.39 is 0 Å². The highest BCUT2D eigenvalue weighted by molar-refractivity contribution is 5.14. The van der Waals surface area contributed by atoms with E-state index in [2.05, 4.69) is 63.3 Å². The summed E-state index contributed by atoms with van der Waals surface area (Å²) in [5, 5.41) is 3.95. The van der Waals surface area contributed by atoms with Gasteiger partial charge in [-0.15, -0.1) is 0 Å². The van der Waals surface area contributed by atoms with Gasteiger partial charge >= 0.3 is 0 Å². The van der Waals surface area contributed by atoms with Gasteiger partial charge in [-0.05, 0) is 55.9 Å². The van der Waals surface area contributed by atoms with Gasteiger partial charge in [0, 0.05) is 12.1 Å². The van der Waals surface area contributed by atoms with Crippen LogP contribution >= 0.6 is 0 Å². The summed E-state index contributed by atoms with van der Waals surface area (Å²) in [6, 6.07) is 12.2. The first-order chi connectivity index (χ1) is 10.1. The van der Waals surface area contributed by atoms with Gasteiger partial charge in [0.15, 0.2) is 0 Å². The number of nitrogens with one attached hydrogen (secondary N) is 1. The molecule has 0 bridgehead atoms. The zero-order valence-electron chi connectivity index (χ0n) is 14.3. The van der Waals surface area contributed by atoms with Crippen LogP contribution in [0.1, 0.15) is 58.9 Å². The number of hydrogen-bond donors (Lipinski definition) is 1. The van der Waals surface area contributed by atoms with Gasteiger partial charge in [-0.3, -0.25) is 0 Å². The normalized spacial score (nSPS) is 27.8. The number of aryl methyl sites for hydroxylation is 1. The first kappa shape index (κ1) is 16.5. The van der Waals surface area contributed by atoms with Crippen molar-refractivity contribution in [1.29, 1.82) is 0 Å². The topological polar surface area (TPSA) is 12.0 Å². The maximum Gasteiger partial charge on any atom is 0.0103 e. The monoisotopic (exact) mass is 287 g/mol. The fourth-order valence-electron chi connectivity index (χ4n) is 3.87. The highest BCUT2D eigenvalue weighted by Crippen LogP contribution is 2.33. The minimum absolute atomic E-state index is 0.613. The molecule has 0 amide bonds. The van der Waals surface area contributed by atoms with Crippen molar-refractivity contribution < 1.29 is 0 Å². The lowest BCUT2D eigenvalue weighted by Gasteiger charge is -2.39. The summed E-state index contributed by atoms with van der Waals surface area (Å²) in [4.78, 5) is 0. The summed E-state index contributed by atoms with van der Waals surface area (Å²) >= 11 is 0. The average Bonchev–Trinajstić information content (AvgIpc) is 2.46. The van der Waals surface area contributed by atoms with E-state index in [4.69, 9.17) is 0 Å². The van der Waals surface area contributed by atoms with Crippen molar-refractivity contribution in [3.05, 3.63) is 35.9 Å². The Morgan fingerprint density at radius 1 is 1.10 bits per heavy atom. The molecule has 2 rings (SSSR count). The van der Waals surface area contributed by atoms with Crippen LogP contribution in [-0.4, -0.2) is 12.1 Å². The summed E-state index contributed by atoms with van der Waals surface area (Å²) in [6.07, 6.45) is 6.60. The highest BCUT2D eigenvalue weighted by atomic mass is 15.0. The molecule has 4 unspecified atom stereocenters. The van der Waals surface area contributed by atoms with Crippen molar-refractivity contribution in [2.75, 3.05) is 0 Å². The third-order valence-corrected chi connectivity index (χ3v) is 5.23. The lowest BCUT2D eigenvalue weighted by molar-refractivity contribution is 0.159. The van der Waals surface area contributed by atoms with Crippen molar-refractivity contribution in [3.8, 4) is 0 Å². The van der Waals surface area contributed by atoms with Crippen molar-refractivity contribution in [3.63, 3.8) is 0 Å². The molecule has 1 aromatic rings. The van der Waals surface area contributed by atoms with Crippen LogP contribution in [-0.2, 0) is 6.42 Å². The highest BCUT2D eigenvalue weighted by Gasteiger charge is 2.31. The standard InChI is InChI=1S/C20H33N/c1-15(2)19-13-10-16(3)14-20(19)21-17(4)11-12-18-8-6-5-7-9-18/h5-9,15-17,19-21H,10-14H2,1-4H3. The van der Waals surface area contributed by atoms with Crippen LogP contribution in [0.3, 0.4) is 0 Å². The molecule has 0 spiro atoms. The Hall–Kier alpha value is -0.820. The van der Waals surface area contributed by atoms with E-state index in [1.807, 2.05) is 0 Å². The molecular weight excluding hydrogens is 254 g/mol. The van der Waals surface area contributed by atoms with Crippen molar-refractivity contribution in [2.24, 2.45) is 17.8 Å². The van der Waals surface area contributed by atoms with Gasteiger partial charge in [0.25, 0.3) is 0 Å². The van der Waals surface area contributed by atoms with Crippen molar-refractivity contribution >= 4 is 0 Å². The Kier molecular flexibility index (Phi) is 6.29. The zero-order chi connectivity index (χ0) is 15.2. The molecule has 1 N–H and O–H groups in total. The van der Waals surface area contributed by atoms with Crippen LogP contribution in [0.4, 0.5) is 0 Å². The molecule has 0 aromatic heterocycles. The SMILES string of the molecule is CC1CCC(C(C)C)C(NC(C)CCc2ccccc2)C1. The molecule has 4 atom stereocenters. The number of benzene rings is 1. The van der Waals surface area contributed by atoms with Crippen LogP contribution in [0.15, 0.2) is 30.3 Å². The van der Waals surface area contributed by atoms with Crippen molar-refractivity contribution in [2.45, 2.75) is 71.9 Å². The van der Waals surface area contributed by atoms with Gasteiger partial charge in [-0.2, -0.15) is 0 Å². The smallest absolute Gasteiger partial charge is 0.0103 e. The van der Waals surface area contributed by atoms with E-state index in [-0.39, 0.29) is 0 Å². The summed E-state index contributed by atoms with van der Waals surface area (Å²) in [6.45, 7) is 9.56. The van der Waals surface area contributed by atoms with Gasteiger partial charge in [0.1, 0.15) is 0 Å². The molecule has 1 saturated carbocycles. The van der Waals surface area contributed by atoms with Gasteiger partial charge in [-0.1, -0.05) is 57.5 Å². The Morgan fingerprint density at radius 3 is 2.48 bits per heavy atom. The Bertz CT molecular complexity index is 398. The average molecular weight is 287 g/mol. The molecule has 1 aromatic carbocycles. The fourth-order valence-corrected chi connectivity index (χ4v) is 3.87. The summed E-state index contributed by atoms with van der Waals surface area (Å²) in [7, 11) is 0. The molecule has 1 nitrogen and oxygen atoms in total. The molecule has 1 aliphatic rings. The molecule has 0 heterocycles. The molecule has 1 fully saturated rings. The van der Waals surface area contributed by atoms with Crippen LogP contribution in [0.2, 0.25) is 0 Å². The maximum atomic E-state index is 3.95. The van der Waals surface area contributed by atoms with Gasteiger partial charge in [0.2, 0.25) is 0 Å². The van der Waals surface area contributed by atoms with Crippen LogP contribution in [0, 0.1) is 17.8 Å². The second kappa shape index (κ2) is 7.98. The second-order valence-electron chi connectivity index (χ2n) is 7.52. The first-order valence-electron chi connectivity index (χ1n) is 8.86. The predicted molar refractivity (Wildman–Crippen MR) is 92.5 cm³/mol. The molecule has 0 saturated heterocycles. The van der Waals surface area contributed by atoms with E-state index in [1.165, 1.54) is 37.7 Å². The van der Waals surface area contributed by atoms with Gasteiger partial charge < -0.3 is 5.32 Å². The van der Waals surface area contributed by atoms with E-state index in [0.717, 1.165) is 23.8 Å². The summed E-state index contributed by atoms with van der Waals surface area (Å²) < 4.78 is 0. The molecule has 0 radical (unpaired) electrons.